The van der Waals surface area contributed by atoms with Gasteiger partial charge in [-0.2, -0.15) is 0 Å². The summed E-state index contributed by atoms with van der Waals surface area (Å²) in [7, 11) is 0. The fourth-order valence-corrected chi connectivity index (χ4v) is 2.93. The van der Waals surface area contributed by atoms with Crippen molar-refractivity contribution >= 4 is 35.0 Å². The summed E-state index contributed by atoms with van der Waals surface area (Å²) in [5.74, 6) is 0. The van der Waals surface area contributed by atoms with E-state index in [4.69, 9.17) is 28.9 Å². The van der Waals surface area contributed by atoms with E-state index in [1.165, 1.54) is 0 Å². The average Bonchev–Trinajstić information content (AvgIpc) is 2.34. The molecule has 2 N–H and O–H groups in total. The average molecular weight is 298 g/mol. The molecule has 0 saturated carbocycles. The number of rotatable bonds is 3. The molecule has 4 heteroatoms. The van der Waals surface area contributed by atoms with Crippen molar-refractivity contribution in [2.45, 2.75) is 22.8 Å². The molecule has 2 aromatic carbocycles. The van der Waals surface area contributed by atoms with Gasteiger partial charge in [-0.05, 0) is 36.8 Å². The van der Waals surface area contributed by atoms with Crippen LogP contribution in [0.1, 0.15) is 18.5 Å². The van der Waals surface area contributed by atoms with Crippen LogP contribution in [0.25, 0.3) is 0 Å². The van der Waals surface area contributed by atoms with Crippen molar-refractivity contribution in [2.24, 2.45) is 5.73 Å². The molecule has 2 aromatic rings. The first-order chi connectivity index (χ1) is 8.58. The quantitative estimate of drug-likeness (QED) is 0.846. The van der Waals surface area contributed by atoms with Crippen LogP contribution in [0, 0.1) is 0 Å². The molecule has 0 aliphatic rings. The third-order valence-corrected chi connectivity index (χ3v) is 4.56. The van der Waals surface area contributed by atoms with Crippen molar-refractivity contribution in [3.05, 3.63) is 58.1 Å². The topological polar surface area (TPSA) is 26.0 Å². The Balaban J connectivity index is 2.28. The van der Waals surface area contributed by atoms with Crippen LogP contribution in [0.3, 0.4) is 0 Å². The van der Waals surface area contributed by atoms with Gasteiger partial charge in [0.25, 0.3) is 0 Å². The van der Waals surface area contributed by atoms with E-state index in [-0.39, 0.29) is 6.04 Å². The van der Waals surface area contributed by atoms with Gasteiger partial charge >= 0.3 is 0 Å². The lowest BCUT2D eigenvalue weighted by molar-refractivity contribution is 0.817. The maximum absolute atomic E-state index is 6.26. The van der Waals surface area contributed by atoms with Gasteiger partial charge in [-0.1, -0.05) is 53.2 Å². The van der Waals surface area contributed by atoms with Crippen LogP contribution in [-0.2, 0) is 0 Å². The Hall–Kier alpha value is -0.670. The summed E-state index contributed by atoms with van der Waals surface area (Å²) >= 11 is 13.9. The van der Waals surface area contributed by atoms with Crippen LogP contribution in [0.5, 0.6) is 0 Å². The molecule has 1 atom stereocenters. The second-order valence-electron chi connectivity index (χ2n) is 4.01. The van der Waals surface area contributed by atoms with Crippen molar-refractivity contribution < 1.29 is 0 Å². The second-order valence-corrected chi connectivity index (χ2v) is 5.91. The van der Waals surface area contributed by atoms with Crippen LogP contribution in [0.15, 0.2) is 52.3 Å². The van der Waals surface area contributed by atoms with E-state index in [9.17, 15) is 0 Å². The summed E-state index contributed by atoms with van der Waals surface area (Å²) in [6, 6.07) is 13.6. The van der Waals surface area contributed by atoms with E-state index < -0.39 is 0 Å². The first-order valence-electron chi connectivity index (χ1n) is 5.55. The molecule has 18 heavy (non-hydrogen) atoms. The molecule has 94 valence electrons. The zero-order valence-corrected chi connectivity index (χ0v) is 12.2. The van der Waals surface area contributed by atoms with Crippen LogP contribution in [-0.4, -0.2) is 0 Å². The lowest BCUT2D eigenvalue weighted by Gasteiger charge is -2.10. The molecule has 0 unspecified atom stereocenters. The SMILES string of the molecule is C[C@@H](N)c1ccc(Sc2ccccc2Cl)c(Cl)c1. The van der Waals surface area contributed by atoms with Gasteiger partial charge in [-0.25, -0.2) is 0 Å². The third kappa shape index (κ3) is 3.21. The van der Waals surface area contributed by atoms with Crippen molar-refractivity contribution in [1.82, 2.24) is 0 Å². The monoisotopic (exact) mass is 297 g/mol. The molecule has 0 aliphatic carbocycles. The molecular weight excluding hydrogens is 285 g/mol. The summed E-state index contributed by atoms with van der Waals surface area (Å²) in [5, 5.41) is 1.43. The number of halogens is 2. The van der Waals surface area contributed by atoms with E-state index in [1.54, 1.807) is 11.8 Å². The van der Waals surface area contributed by atoms with Crippen molar-refractivity contribution in [1.29, 1.82) is 0 Å². The maximum Gasteiger partial charge on any atom is 0.0548 e. The Morgan fingerprint density at radius 1 is 1.00 bits per heavy atom. The van der Waals surface area contributed by atoms with Gasteiger partial charge in [0.15, 0.2) is 0 Å². The van der Waals surface area contributed by atoms with E-state index in [1.807, 2.05) is 49.4 Å². The lowest BCUT2D eigenvalue weighted by atomic mass is 10.1. The lowest BCUT2D eigenvalue weighted by Crippen LogP contribution is -2.04. The molecule has 0 amide bonds. The predicted molar refractivity (Wildman–Crippen MR) is 79.6 cm³/mol. The van der Waals surface area contributed by atoms with Gasteiger partial charge in [0, 0.05) is 15.8 Å². The largest absolute Gasteiger partial charge is 0.324 e. The van der Waals surface area contributed by atoms with Crippen LogP contribution in [0.2, 0.25) is 10.0 Å². The summed E-state index contributed by atoms with van der Waals surface area (Å²) < 4.78 is 0. The Morgan fingerprint density at radius 2 is 1.67 bits per heavy atom. The van der Waals surface area contributed by atoms with Crippen LogP contribution >= 0.6 is 35.0 Å². The first-order valence-corrected chi connectivity index (χ1v) is 7.12. The second kappa shape index (κ2) is 5.98. The van der Waals surface area contributed by atoms with Gasteiger partial charge in [0.2, 0.25) is 0 Å². The molecule has 0 aromatic heterocycles. The zero-order chi connectivity index (χ0) is 13.1. The van der Waals surface area contributed by atoms with Crippen LogP contribution in [0.4, 0.5) is 0 Å². The molecule has 0 saturated heterocycles. The van der Waals surface area contributed by atoms with E-state index >= 15 is 0 Å². The molecule has 0 radical (unpaired) electrons. The van der Waals surface area contributed by atoms with E-state index in [0.29, 0.717) is 5.02 Å². The molecule has 1 nitrogen and oxygen atoms in total. The fraction of sp³-hybridized carbons (Fsp3) is 0.143. The van der Waals surface area contributed by atoms with E-state index in [2.05, 4.69) is 0 Å². The minimum atomic E-state index is -0.0122. The zero-order valence-electron chi connectivity index (χ0n) is 9.86. The van der Waals surface area contributed by atoms with Gasteiger partial charge in [-0.3, -0.25) is 0 Å². The molecule has 0 bridgehead atoms. The number of hydrogen-bond acceptors (Lipinski definition) is 2. The normalized spacial score (nSPS) is 12.4. The van der Waals surface area contributed by atoms with Crippen molar-refractivity contribution in [2.75, 3.05) is 0 Å². The smallest absolute Gasteiger partial charge is 0.0548 e. The highest BCUT2D eigenvalue weighted by Gasteiger charge is 2.08. The third-order valence-electron chi connectivity index (χ3n) is 2.54. The van der Waals surface area contributed by atoms with Crippen LogP contribution < -0.4 is 5.73 Å². The van der Waals surface area contributed by atoms with Crippen molar-refractivity contribution in [3.8, 4) is 0 Å². The fourth-order valence-electron chi connectivity index (χ4n) is 1.53. The first kappa shape index (κ1) is 13.8. The van der Waals surface area contributed by atoms with Crippen molar-refractivity contribution in [3.63, 3.8) is 0 Å². The molecule has 0 aliphatic heterocycles. The summed E-state index contributed by atoms with van der Waals surface area (Å²) in [4.78, 5) is 1.98. The summed E-state index contributed by atoms with van der Waals surface area (Å²) in [6.45, 7) is 1.94. The van der Waals surface area contributed by atoms with Gasteiger partial charge < -0.3 is 5.73 Å². The molecule has 0 heterocycles. The minimum Gasteiger partial charge on any atom is -0.324 e. The highest BCUT2D eigenvalue weighted by atomic mass is 35.5. The van der Waals surface area contributed by atoms with Gasteiger partial charge in [-0.15, -0.1) is 0 Å². The van der Waals surface area contributed by atoms with Gasteiger partial charge in [0.1, 0.15) is 0 Å². The number of benzene rings is 2. The standard InChI is InChI=1S/C14H13Cl2NS/c1-9(17)10-6-7-14(12(16)8-10)18-13-5-3-2-4-11(13)15/h2-9H,17H2,1H3/t9-/m1/s1. The Labute approximate surface area is 121 Å². The Kier molecular flexibility index (Phi) is 4.57. The van der Waals surface area contributed by atoms with Gasteiger partial charge in [0.05, 0.1) is 10.0 Å². The molecular formula is C14H13Cl2NS. The number of hydrogen-bond donors (Lipinski definition) is 1. The maximum atomic E-state index is 6.26. The summed E-state index contributed by atoms with van der Waals surface area (Å²) in [5.41, 5.74) is 6.85. The molecule has 0 fully saturated rings. The molecule has 2 rings (SSSR count). The summed E-state index contributed by atoms with van der Waals surface area (Å²) in [6.07, 6.45) is 0. The van der Waals surface area contributed by atoms with E-state index in [0.717, 1.165) is 20.4 Å². The minimum absolute atomic E-state index is 0.0122. The Bertz CT molecular complexity index is 555. The highest BCUT2D eigenvalue weighted by molar-refractivity contribution is 7.99. The predicted octanol–water partition coefficient (Wildman–Crippen LogP) is 5.16. The Morgan fingerprint density at radius 3 is 2.28 bits per heavy atom. The number of nitrogens with two attached hydrogens (primary N) is 1. The molecule has 0 spiro atoms. The highest BCUT2D eigenvalue weighted by Crippen LogP contribution is 2.37.